The lowest BCUT2D eigenvalue weighted by Crippen LogP contribution is -2.07. The number of rotatable bonds is 5. The Balaban J connectivity index is 2.10. The summed E-state index contributed by atoms with van der Waals surface area (Å²) in [4.78, 5) is 8.39. The van der Waals surface area contributed by atoms with E-state index < -0.39 is 0 Å². The van der Waals surface area contributed by atoms with Gasteiger partial charge in [-0.2, -0.15) is 0 Å². The molecule has 5 heteroatoms. The maximum Gasteiger partial charge on any atom is 0.207 e. The highest BCUT2D eigenvalue weighted by Gasteiger charge is 2.02. The van der Waals surface area contributed by atoms with Gasteiger partial charge in [0.15, 0.2) is 0 Å². The highest BCUT2D eigenvalue weighted by Crippen LogP contribution is 2.14. The van der Waals surface area contributed by atoms with Gasteiger partial charge >= 0.3 is 0 Å². The van der Waals surface area contributed by atoms with Crippen LogP contribution in [-0.4, -0.2) is 28.3 Å². The number of hydrogen-bond donors (Lipinski definition) is 1. The third-order valence-electron chi connectivity index (χ3n) is 2.38. The van der Waals surface area contributed by atoms with E-state index in [-0.39, 0.29) is 0 Å². The number of nitrogens with one attached hydrogen (secondary N) is 1. The van der Waals surface area contributed by atoms with Crippen LogP contribution in [-0.2, 0) is 11.3 Å². The van der Waals surface area contributed by atoms with Crippen LogP contribution in [0.4, 0.5) is 11.6 Å². The first-order valence-corrected chi connectivity index (χ1v) is 5.48. The zero-order valence-electron chi connectivity index (χ0n) is 10.1. The first-order chi connectivity index (χ1) is 8.29. The average molecular weight is 232 g/mol. The number of aromatic nitrogens is 3. The fourth-order valence-electron chi connectivity index (χ4n) is 1.56. The summed E-state index contributed by atoms with van der Waals surface area (Å²) in [5, 5.41) is 3.24. The molecule has 17 heavy (non-hydrogen) atoms. The van der Waals surface area contributed by atoms with Crippen molar-refractivity contribution in [1.82, 2.24) is 14.5 Å². The molecule has 0 unspecified atom stereocenters. The lowest BCUT2D eigenvalue weighted by molar-refractivity contribution is 0.188. The fourth-order valence-corrected chi connectivity index (χ4v) is 1.56. The summed E-state index contributed by atoms with van der Waals surface area (Å²) >= 11 is 0. The minimum Gasteiger partial charge on any atom is -0.383 e. The third kappa shape index (κ3) is 3.04. The van der Waals surface area contributed by atoms with Gasteiger partial charge in [0.2, 0.25) is 5.95 Å². The molecule has 0 bridgehead atoms. The normalized spacial score (nSPS) is 10.5. The largest absolute Gasteiger partial charge is 0.383 e. The van der Waals surface area contributed by atoms with Gasteiger partial charge in [-0.3, -0.25) is 4.98 Å². The van der Waals surface area contributed by atoms with Gasteiger partial charge in [-0.1, -0.05) is 0 Å². The molecule has 2 heterocycles. The monoisotopic (exact) mass is 232 g/mol. The molecule has 0 saturated heterocycles. The SMILES string of the molecule is COCCn1ccnc1Nc1cncc(C)c1. The third-order valence-corrected chi connectivity index (χ3v) is 2.38. The quantitative estimate of drug-likeness (QED) is 0.856. The van der Waals surface area contributed by atoms with Crippen molar-refractivity contribution in [2.24, 2.45) is 0 Å². The number of ether oxygens (including phenoxy) is 1. The number of hydrogen-bond acceptors (Lipinski definition) is 4. The van der Waals surface area contributed by atoms with Gasteiger partial charge in [-0.25, -0.2) is 4.98 Å². The molecular formula is C12H16N4O. The molecule has 0 aromatic carbocycles. The molecule has 2 aromatic rings. The molecule has 1 N–H and O–H groups in total. The topological polar surface area (TPSA) is 52.0 Å². The Bertz CT molecular complexity index is 481. The molecule has 0 fully saturated rings. The van der Waals surface area contributed by atoms with E-state index in [1.165, 1.54) is 0 Å². The van der Waals surface area contributed by atoms with Crippen LogP contribution in [0, 0.1) is 6.92 Å². The Morgan fingerprint density at radius 2 is 2.29 bits per heavy atom. The van der Waals surface area contributed by atoms with Crippen molar-refractivity contribution in [3.05, 3.63) is 36.4 Å². The van der Waals surface area contributed by atoms with Crippen LogP contribution >= 0.6 is 0 Å². The van der Waals surface area contributed by atoms with Crippen LogP contribution in [0.2, 0.25) is 0 Å². The lowest BCUT2D eigenvalue weighted by Gasteiger charge is -2.09. The highest BCUT2D eigenvalue weighted by atomic mass is 16.5. The predicted molar refractivity (Wildman–Crippen MR) is 66.4 cm³/mol. The molecule has 0 aliphatic carbocycles. The summed E-state index contributed by atoms with van der Waals surface area (Å²) in [6, 6.07) is 2.03. The summed E-state index contributed by atoms with van der Waals surface area (Å²) in [7, 11) is 1.69. The van der Waals surface area contributed by atoms with E-state index in [1.54, 1.807) is 19.5 Å². The van der Waals surface area contributed by atoms with Gasteiger partial charge < -0.3 is 14.6 Å². The fraction of sp³-hybridized carbons (Fsp3) is 0.333. The predicted octanol–water partition coefficient (Wildman–Crippen LogP) is 1.98. The molecular weight excluding hydrogens is 216 g/mol. The smallest absolute Gasteiger partial charge is 0.207 e. The molecule has 2 rings (SSSR count). The first-order valence-electron chi connectivity index (χ1n) is 5.48. The van der Waals surface area contributed by atoms with Crippen molar-refractivity contribution in [3.8, 4) is 0 Å². The van der Waals surface area contributed by atoms with Gasteiger partial charge in [0.1, 0.15) is 0 Å². The summed E-state index contributed by atoms with van der Waals surface area (Å²) in [6.45, 7) is 3.45. The second-order valence-electron chi connectivity index (χ2n) is 3.81. The Kier molecular flexibility index (Phi) is 3.72. The van der Waals surface area contributed by atoms with Crippen molar-refractivity contribution in [3.63, 3.8) is 0 Å². The average Bonchev–Trinajstić information content (AvgIpc) is 2.74. The first kappa shape index (κ1) is 11.6. The Morgan fingerprint density at radius 1 is 1.41 bits per heavy atom. The molecule has 0 amide bonds. The molecule has 0 spiro atoms. The molecule has 5 nitrogen and oxygen atoms in total. The van der Waals surface area contributed by atoms with Crippen LogP contribution in [0.3, 0.4) is 0 Å². The number of nitrogens with zero attached hydrogens (tertiary/aromatic N) is 3. The van der Waals surface area contributed by atoms with E-state index in [9.17, 15) is 0 Å². The molecule has 2 aromatic heterocycles. The summed E-state index contributed by atoms with van der Waals surface area (Å²) in [5.41, 5.74) is 2.06. The van der Waals surface area contributed by atoms with Gasteiger partial charge in [0.25, 0.3) is 0 Å². The second-order valence-corrected chi connectivity index (χ2v) is 3.81. The minimum atomic E-state index is 0.664. The maximum absolute atomic E-state index is 5.05. The zero-order valence-corrected chi connectivity index (χ0v) is 10.1. The number of methoxy groups -OCH3 is 1. The van der Waals surface area contributed by atoms with Gasteiger partial charge in [-0.05, 0) is 18.6 Å². The second kappa shape index (κ2) is 5.45. The van der Waals surface area contributed by atoms with E-state index in [0.717, 1.165) is 23.7 Å². The molecule has 90 valence electrons. The molecule has 0 radical (unpaired) electrons. The van der Waals surface area contributed by atoms with Crippen LogP contribution < -0.4 is 5.32 Å². The van der Waals surface area contributed by atoms with E-state index in [0.29, 0.717) is 6.61 Å². The summed E-state index contributed by atoms with van der Waals surface area (Å²) < 4.78 is 7.06. The van der Waals surface area contributed by atoms with Crippen molar-refractivity contribution < 1.29 is 4.74 Å². The Hall–Kier alpha value is -1.88. The van der Waals surface area contributed by atoms with Crippen LogP contribution in [0.5, 0.6) is 0 Å². The molecule has 0 atom stereocenters. The van der Waals surface area contributed by atoms with Crippen LogP contribution in [0.1, 0.15) is 5.56 Å². The zero-order chi connectivity index (χ0) is 12.1. The van der Waals surface area contributed by atoms with E-state index >= 15 is 0 Å². The molecule has 0 aliphatic heterocycles. The maximum atomic E-state index is 5.05. The van der Waals surface area contributed by atoms with Crippen molar-refractivity contribution in [2.75, 3.05) is 19.0 Å². The van der Waals surface area contributed by atoms with Gasteiger partial charge in [-0.15, -0.1) is 0 Å². The minimum absolute atomic E-state index is 0.664. The number of imidazole rings is 1. The highest BCUT2D eigenvalue weighted by molar-refractivity contribution is 5.52. The Labute approximate surface area is 100 Å². The van der Waals surface area contributed by atoms with E-state index in [4.69, 9.17) is 4.74 Å². The van der Waals surface area contributed by atoms with E-state index in [2.05, 4.69) is 15.3 Å². The van der Waals surface area contributed by atoms with Crippen LogP contribution in [0.15, 0.2) is 30.9 Å². The van der Waals surface area contributed by atoms with Gasteiger partial charge in [0.05, 0.1) is 18.5 Å². The molecule has 0 saturated carbocycles. The van der Waals surface area contributed by atoms with E-state index in [1.807, 2.05) is 30.0 Å². The van der Waals surface area contributed by atoms with Crippen molar-refractivity contribution in [2.45, 2.75) is 13.5 Å². The van der Waals surface area contributed by atoms with Crippen LogP contribution in [0.25, 0.3) is 0 Å². The Morgan fingerprint density at radius 3 is 3.06 bits per heavy atom. The lowest BCUT2D eigenvalue weighted by atomic mass is 10.3. The summed E-state index contributed by atoms with van der Waals surface area (Å²) in [5.74, 6) is 0.800. The van der Waals surface area contributed by atoms with Gasteiger partial charge in [0, 0.05) is 32.2 Å². The molecule has 0 aliphatic rings. The number of pyridine rings is 1. The number of anilines is 2. The van der Waals surface area contributed by atoms with Crippen molar-refractivity contribution >= 4 is 11.6 Å². The number of aryl methyl sites for hydroxylation is 1. The standard InChI is InChI=1S/C12H16N4O/c1-10-7-11(9-13-8-10)15-12-14-3-4-16(12)5-6-17-2/h3-4,7-9H,5-6H2,1-2H3,(H,14,15). The van der Waals surface area contributed by atoms with Crippen molar-refractivity contribution in [1.29, 1.82) is 0 Å². The summed E-state index contributed by atoms with van der Waals surface area (Å²) in [6.07, 6.45) is 7.29.